The van der Waals surface area contributed by atoms with Gasteiger partial charge in [-0.05, 0) is 49.7 Å². The molecule has 0 unspecified atom stereocenters. The molecule has 0 aliphatic carbocycles. The zero-order valence-corrected chi connectivity index (χ0v) is 16.5. The van der Waals surface area contributed by atoms with Crippen molar-refractivity contribution >= 4 is 22.5 Å². The predicted octanol–water partition coefficient (Wildman–Crippen LogP) is 4.04. The van der Waals surface area contributed by atoms with Gasteiger partial charge in [0.05, 0.1) is 0 Å². The molecule has 0 spiro atoms. The van der Waals surface area contributed by atoms with Crippen LogP contribution >= 0.6 is 0 Å². The van der Waals surface area contributed by atoms with Gasteiger partial charge < -0.3 is 14.6 Å². The number of aromatic nitrogens is 1. The largest absolute Gasteiger partial charge is 0.381 e. The molecule has 5 heteroatoms. The Morgan fingerprint density at radius 1 is 1.14 bits per heavy atom. The molecule has 1 N–H and O–H groups in total. The Morgan fingerprint density at radius 3 is 2.57 bits per heavy atom. The quantitative estimate of drug-likeness (QED) is 0.730. The summed E-state index contributed by atoms with van der Waals surface area (Å²) in [4.78, 5) is 15.1. The number of hydrogen-bond donors (Lipinski definition) is 1. The van der Waals surface area contributed by atoms with Crippen molar-refractivity contribution in [2.45, 2.75) is 25.4 Å². The molecular weight excluding hydrogens is 350 g/mol. The summed E-state index contributed by atoms with van der Waals surface area (Å²) in [6.45, 7) is 2.62. The van der Waals surface area contributed by atoms with Crippen LogP contribution in [0.15, 0.2) is 54.6 Å². The Hall–Kier alpha value is -2.63. The standard InChI is InChI=1S/C23H27N3O2/c1-25(20-11-13-28-14-12-20)16-17-7-9-19(10-8-17)24-23(27)22-15-18-5-3-4-6-21(18)26(22)2/h3-10,15,20H,11-14,16H2,1-2H3,(H,24,27). The molecule has 5 nitrogen and oxygen atoms in total. The first-order valence-corrected chi connectivity index (χ1v) is 9.84. The minimum Gasteiger partial charge on any atom is -0.381 e. The van der Waals surface area contributed by atoms with Gasteiger partial charge in [-0.1, -0.05) is 30.3 Å². The second kappa shape index (κ2) is 8.17. The van der Waals surface area contributed by atoms with Gasteiger partial charge in [-0.2, -0.15) is 0 Å². The van der Waals surface area contributed by atoms with Gasteiger partial charge in [0, 0.05) is 49.4 Å². The normalized spacial score (nSPS) is 15.2. The van der Waals surface area contributed by atoms with E-state index >= 15 is 0 Å². The Morgan fingerprint density at radius 2 is 1.86 bits per heavy atom. The number of carbonyl (C=O) groups is 1. The Bertz CT molecular complexity index is 956. The fourth-order valence-electron chi connectivity index (χ4n) is 3.94. The Balaban J connectivity index is 1.41. The maximum Gasteiger partial charge on any atom is 0.272 e. The lowest BCUT2D eigenvalue weighted by atomic mass is 10.1. The molecule has 2 heterocycles. The van der Waals surface area contributed by atoms with Gasteiger partial charge in [0.1, 0.15) is 5.69 Å². The van der Waals surface area contributed by atoms with Crippen molar-refractivity contribution in [2.24, 2.45) is 7.05 Å². The average Bonchev–Trinajstić information content (AvgIpc) is 3.07. The molecule has 1 aromatic heterocycles. The molecule has 1 fully saturated rings. The molecule has 0 atom stereocenters. The summed E-state index contributed by atoms with van der Waals surface area (Å²) < 4.78 is 7.38. The van der Waals surface area contributed by atoms with Gasteiger partial charge in [0.25, 0.3) is 5.91 Å². The fourth-order valence-corrected chi connectivity index (χ4v) is 3.94. The number of aryl methyl sites for hydroxylation is 1. The van der Waals surface area contributed by atoms with Crippen LogP contribution in [0.1, 0.15) is 28.9 Å². The van der Waals surface area contributed by atoms with Crippen molar-refractivity contribution in [1.29, 1.82) is 0 Å². The fraction of sp³-hybridized carbons (Fsp3) is 0.348. The molecule has 1 saturated heterocycles. The van der Waals surface area contributed by atoms with E-state index in [2.05, 4.69) is 29.4 Å². The van der Waals surface area contributed by atoms with Crippen LogP contribution < -0.4 is 5.32 Å². The van der Waals surface area contributed by atoms with Crippen LogP contribution in [0.5, 0.6) is 0 Å². The van der Waals surface area contributed by atoms with Crippen molar-refractivity contribution in [2.75, 3.05) is 25.6 Å². The van der Waals surface area contributed by atoms with Crippen LogP contribution in [-0.4, -0.2) is 41.7 Å². The van der Waals surface area contributed by atoms with Gasteiger partial charge in [0.2, 0.25) is 0 Å². The summed E-state index contributed by atoms with van der Waals surface area (Å²) in [5, 5.41) is 4.08. The lowest BCUT2D eigenvalue weighted by Gasteiger charge is -2.31. The van der Waals surface area contributed by atoms with Crippen molar-refractivity contribution in [1.82, 2.24) is 9.47 Å². The number of fused-ring (bicyclic) bond motifs is 1. The van der Waals surface area contributed by atoms with Gasteiger partial charge in [-0.15, -0.1) is 0 Å². The second-order valence-corrected chi connectivity index (χ2v) is 7.56. The van der Waals surface area contributed by atoms with Crippen LogP contribution in [-0.2, 0) is 18.3 Å². The summed E-state index contributed by atoms with van der Waals surface area (Å²) in [7, 11) is 4.10. The van der Waals surface area contributed by atoms with Gasteiger partial charge >= 0.3 is 0 Å². The van der Waals surface area contributed by atoms with Crippen LogP contribution in [0.2, 0.25) is 0 Å². The lowest BCUT2D eigenvalue weighted by Crippen LogP contribution is -2.36. The first-order valence-electron chi connectivity index (χ1n) is 9.84. The van der Waals surface area contributed by atoms with Gasteiger partial charge in [-0.25, -0.2) is 0 Å². The van der Waals surface area contributed by atoms with Crippen LogP contribution in [0.3, 0.4) is 0 Å². The molecule has 0 saturated carbocycles. The molecule has 2 aromatic carbocycles. The molecule has 1 aliphatic rings. The van der Waals surface area contributed by atoms with Crippen molar-refractivity contribution < 1.29 is 9.53 Å². The Kier molecular flexibility index (Phi) is 5.46. The number of amides is 1. The number of benzene rings is 2. The van der Waals surface area contributed by atoms with E-state index in [0.717, 1.165) is 49.2 Å². The topological polar surface area (TPSA) is 46.5 Å². The number of nitrogens with one attached hydrogen (secondary N) is 1. The van der Waals surface area contributed by atoms with E-state index in [0.29, 0.717) is 11.7 Å². The highest BCUT2D eigenvalue weighted by molar-refractivity contribution is 6.06. The smallest absolute Gasteiger partial charge is 0.272 e. The number of anilines is 1. The number of carbonyl (C=O) groups excluding carboxylic acids is 1. The number of nitrogens with zero attached hydrogens (tertiary/aromatic N) is 2. The number of ether oxygens (including phenoxy) is 1. The van der Waals surface area contributed by atoms with Crippen LogP contribution in [0, 0.1) is 0 Å². The summed E-state index contributed by atoms with van der Waals surface area (Å²) >= 11 is 0. The highest BCUT2D eigenvalue weighted by Gasteiger charge is 2.18. The minimum absolute atomic E-state index is 0.0919. The first-order chi connectivity index (χ1) is 13.6. The lowest BCUT2D eigenvalue weighted by molar-refractivity contribution is 0.0407. The SMILES string of the molecule is CN(Cc1ccc(NC(=O)c2cc3ccccc3n2C)cc1)C1CCOCC1. The third-order valence-corrected chi connectivity index (χ3v) is 5.64. The van der Waals surface area contributed by atoms with E-state index in [1.54, 1.807) is 0 Å². The highest BCUT2D eigenvalue weighted by Crippen LogP contribution is 2.20. The first kappa shape index (κ1) is 18.7. The van der Waals surface area contributed by atoms with Gasteiger partial charge in [-0.3, -0.25) is 9.69 Å². The van der Waals surface area contributed by atoms with E-state index < -0.39 is 0 Å². The maximum atomic E-state index is 12.7. The third kappa shape index (κ3) is 3.96. The van der Waals surface area contributed by atoms with E-state index in [-0.39, 0.29) is 5.91 Å². The summed E-state index contributed by atoms with van der Waals surface area (Å²) in [6, 6.07) is 18.7. The van der Waals surface area contributed by atoms with E-state index in [1.807, 2.05) is 54.1 Å². The maximum absolute atomic E-state index is 12.7. The van der Waals surface area contributed by atoms with Crippen molar-refractivity contribution in [3.8, 4) is 0 Å². The van der Waals surface area contributed by atoms with Crippen molar-refractivity contribution in [3.05, 3.63) is 65.9 Å². The average molecular weight is 377 g/mol. The highest BCUT2D eigenvalue weighted by atomic mass is 16.5. The number of rotatable bonds is 5. The number of para-hydroxylation sites is 1. The second-order valence-electron chi connectivity index (χ2n) is 7.56. The number of hydrogen-bond acceptors (Lipinski definition) is 3. The van der Waals surface area contributed by atoms with E-state index in [9.17, 15) is 4.79 Å². The van der Waals surface area contributed by atoms with Crippen molar-refractivity contribution in [3.63, 3.8) is 0 Å². The summed E-state index contributed by atoms with van der Waals surface area (Å²) in [6.07, 6.45) is 2.19. The molecule has 4 rings (SSSR count). The molecule has 1 aliphatic heterocycles. The van der Waals surface area contributed by atoms with Gasteiger partial charge in [0.15, 0.2) is 0 Å². The summed E-state index contributed by atoms with van der Waals surface area (Å²) in [5.41, 5.74) is 3.77. The molecule has 3 aromatic rings. The zero-order valence-electron chi connectivity index (χ0n) is 16.5. The molecule has 0 radical (unpaired) electrons. The molecular formula is C23H27N3O2. The zero-order chi connectivity index (χ0) is 19.5. The minimum atomic E-state index is -0.0919. The molecule has 28 heavy (non-hydrogen) atoms. The third-order valence-electron chi connectivity index (χ3n) is 5.64. The predicted molar refractivity (Wildman–Crippen MR) is 113 cm³/mol. The monoisotopic (exact) mass is 377 g/mol. The Labute approximate surface area is 165 Å². The molecule has 0 bridgehead atoms. The van der Waals surface area contributed by atoms with Crippen LogP contribution in [0.25, 0.3) is 10.9 Å². The van der Waals surface area contributed by atoms with Crippen LogP contribution in [0.4, 0.5) is 5.69 Å². The molecule has 146 valence electrons. The summed E-state index contributed by atoms with van der Waals surface area (Å²) in [5.74, 6) is -0.0919. The van der Waals surface area contributed by atoms with E-state index in [4.69, 9.17) is 4.74 Å². The molecule has 1 amide bonds. The van der Waals surface area contributed by atoms with E-state index in [1.165, 1.54) is 5.56 Å².